The van der Waals surface area contributed by atoms with Gasteiger partial charge in [0.25, 0.3) is 5.91 Å². The van der Waals surface area contributed by atoms with E-state index in [2.05, 4.69) is 10.3 Å². The SMILES string of the molecule is Cc1ccc(F)c(C(=O)N2CCNCC2c2nccn2C)c1. The van der Waals surface area contributed by atoms with E-state index in [-0.39, 0.29) is 17.5 Å². The van der Waals surface area contributed by atoms with Crippen LogP contribution in [0.5, 0.6) is 0 Å². The third kappa shape index (κ3) is 2.62. The molecule has 0 aliphatic carbocycles. The number of rotatable bonds is 2. The van der Waals surface area contributed by atoms with Crippen molar-refractivity contribution in [1.29, 1.82) is 0 Å². The fourth-order valence-corrected chi connectivity index (χ4v) is 2.83. The molecule has 1 aliphatic heterocycles. The number of hydrogen-bond donors (Lipinski definition) is 1. The molecule has 2 heterocycles. The molecule has 6 heteroatoms. The highest BCUT2D eigenvalue weighted by Gasteiger charge is 2.32. The number of nitrogens with zero attached hydrogens (tertiary/aromatic N) is 3. The topological polar surface area (TPSA) is 50.2 Å². The maximum absolute atomic E-state index is 14.0. The van der Waals surface area contributed by atoms with Gasteiger partial charge in [0.1, 0.15) is 17.7 Å². The van der Waals surface area contributed by atoms with Crippen molar-refractivity contribution in [3.8, 4) is 0 Å². The van der Waals surface area contributed by atoms with Crippen molar-refractivity contribution in [3.05, 3.63) is 53.4 Å². The number of aromatic nitrogens is 2. The Labute approximate surface area is 128 Å². The Morgan fingerprint density at radius 1 is 1.45 bits per heavy atom. The summed E-state index contributed by atoms with van der Waals surface area (Å²) < 4.78 is 15.9. The highest BCUT2D eigenvalue weighted by Crippen LogP contribution is 2.24. The molecule has 1 aromatic carbocycles. The summed E-state index contributed by atoms with van der Waals surface area (Å²) in [4.78, 5) is 18.9. The summed E-state index contributed by atoms with van der Waals surface area (Å²) in [6.07, 6.45) is 3.56. The van der Waals surface area contributed by atoms with Crippen LogP contribution in [0.4, 0.5) is 4.39 Å². The molecule has 1 unspecified atom stereocenters. The first kappa shape index (κ1) is 14.7. The van der Waals surface area contributed by atoms with Gasteiger partial charge in [-0.15, -0.1) is 0 Å². The van der Waals surface area contributed by atoms with Crippen molar-refractivity contribution in [3.63, 3.8) is 0 Å². The van der Waals surface area contributed by atoms with Gasteiger partial charge >= 0.3 is 0 Å². The average molecular weight is 302 g/mol. The zero-order valence-electron chi connectivity index (χ0n) is 12.7. The molecule has 1 aromatic heterocycles. The fraction of sp³-hybridized carbons (Fsp3) is 0.375. The van der Waals surface area contributed by atoms with Gasteiger partial charge < -0.3 is 14.8 Å². The minimum Gasteiger partial charge on any atom is -0.336 e. The van der Waals surface area contributed by atoms with Crippen LogP contribution in [0.1, 0.15) is 27.8 Å². The highest BCUT2D eigenvalue weighted by molar-refractivity contribution is 5.95. The molecular formula is C16H19FN4O. The third-order valence-corrected chi connectivity index (χ3v) is 4.01. The number of aryl methyl sites for hydroxylation is 2. The predicted octanol–water partition coefficient (Wildman–Crippen LogP) is 1.65. The molecular weight excluding hydrogens is 283 g/mol. The summed E-state index contributed by atoms with van der Waals surface area (Å²) in [5.41, 5.74) is 0.995. The quantitative estimate of drug-likeness (QED) is 0.918. The Balaban J connectivity index is 1.95. The zero-order chi connectivity index (χ0) is 15.7. The molecule has 1 saturated heterocycles. The van der Waals surface area contributed by atoms with Gasteiger partial charge in [-0.05, 0) is 19.1 Å². The Kier molecular flexibility index (Phi) is 3.94. The molecule has 2 aromatic rings. The molecule has 1 aliphatic rings. The number of imidazole rings is 1. The van der Waals surface area contributed by atoms with Gasteiger partial charge in [-0.25, -0.2) is 9.37 Å². The first-order valence-corrected chi connectivity index (χ1v) is 7.33. The molecule has 0 spiro atoms. The molecule has 0 saturated carbocycles. The first-order valence-electron chi connectivity index (χ1n) is 7.33. The van der Waals surface area contributed by atoms with E-state index in [4.69, 9.17) is 0 Å². The number of benzene rings is 1. The molecule has 5 nitrogen and oxygen atoms in total. The van der Waals surface area contributed by atoms with Crippen molar-refractivity contribution in [2.75, 3.05) is 19.6 Å². The van der Waals surface area contributed by atoms with Gasteiger partial charge in [0, 0.05) is 39.1 Å². The number of nitrogens with one attached hydrogen (secondary N) is 1. The predicted molar refractivity (Wildman–Crippen MR) is 81.0 cm³/mol. The van der Waals surface area contributed by atoms with E-state index >= 15 is 0 Å². The molecule has 0 bridgehead atoms. The summed E-state index contributed by atoms with van der Waals surface area (Å²) >= 11 is 0. The van der Waals surface area contributed by atoms with Gasteiger partial charge in [0.05, 0.1) is 5.56 Å². The van der Waals surface area contributed by atoms with E-state index in [0.717, 1.165) is 11.4 Å². The molecule has 1 amide bonds. The number of piperazine rings is 1. The second kappa shape index (κ2) is 5.88. The summed E-state index contributed by atoms with van der Waals surface area (Å²) in [5.74, 6) is 0.0389. The normalized spacial score (nSPS) is 18.5. The lowest BCUT2D eigenvalue weighted by Crippen LogP contribution is -2.49. The van der Waals surface area contributed by atoms with E-state index in [9.17, 15) is 9.18 Å². The van der Waals surface area contributed by atoms with Crippen LogP contribution in [-0.2, 0) is 7.05 Å². The van der Waals surface area contributed by atoms with Crippen LogP contribution >= 0.6 is 0 Å². The minimum atomic E-state index is -0.479. The van der Waals surface area contributed by atoms with Crippen molar-refractivity contribution in [1.82, 2.24) is 19.8 Å². The Hall–Kier alpha value is -2.21. The van der Waals surface area contributed by atoms with Gasteiger partial charge in [-0.1, -0.05) is 11.6 Å². The molecule has 3 rings (SSSR count). The number of carbonyl (C=O) groups is 1. The van der Waals surface area contributed by atoms with Crippen LogP contribution in [0.25, 0.3) is 0 Å². The smallest absolute Gasteiger partial charge is 0.257 e. The standard InChI is InChI=1S/C16H19FN4O/c1-11-3-4-13(17)12(9-11)16(22)21-8-5-18-10-14(21)15-19-6-7-20(15)2/h3-4,6-7,9,14,18H,5,8,10H2,1-2H3. The van der Waals surface area contributed by atoms with Crippen LogP contribution in [0.2, 0.25) is 0 Å². The molecule has 0 radical (unpaired) electrons. The minimum absolute atomic E-state index is 0.126. The van der Waals surface area contributed by atoms with Gasteiger partial charge in [-0.2, -0.15) is 0 Å². The van der Waals surface area contributed by atoms with Crippen molar-refractivity contribution < 1.29 is 9.18 Å². The lowest BCUT2D eigenvalue weighted by Gasteiger charge is -2.35. The van der Waals surface area contributed by atoms with E-state index in [1.54, 1.807) is 23.2 Å². The van der Waals surface area contributed by atoms with Crippen LogP contribution < -0.4 is 5.32 Å². The van der Waals surface area contributed by atoms with Crippen LogP contribution in [-0.4, -0.2) is 40.0 Å². The highest BCUT2D eigenvalue weighted by atomic mass is 19.1. The zero-order valence-corrected chi connectivity index (χ0v) is 12.7. The first-order chi connectivity index (χ1) is 10.6. The summed E-state index contributed by atoms with van der Waals surface area (Å²) in [6, 6.07) is 4.43. The fourth-order valence-electron chi connectivity index (χ4n) is 2.83. The lowest BCUT2D eigenvalue weighted by molar-refractivity contribution is 0.0616. The molecule has 1 atom stereocenters. The number of amides is 1. The third-order valence-electron chi connectivity index (χ3n) is 4.01. The second-order valence-electron chi connectivity index (χ2n) is 5.60. The van der Waals surface area contributed by atoms with Crippen molar-refractivity contribution in [2.45, 2.75) is 13.0 Å². The maximum atomic E-state index is 14.0. The monoisotopic (exact) mass is 302 g/mol. The molecule has 22 heavy (non-hydrogen) atoms. The van der Waals surface area contributed by atoms with Gasteiger partial charge in [-0.3, -0.25) is 4.79 Å². The summed E-state index contributed by atoms with van der Waals surface area (Å²) in [6.45, 7) is 3.69. The van der Waals surface area contributed by atoms with Gasteiger partial charge in [0.15, 0.2) is 0 Å². The number of hydrogen-bond acceptors (Lipinski definition) is 3. The Bertz CT molecular complexity index is 697. The van der Waals surface area contributed by atoms with E-state index in [1.165, 1.54) is 6.07 Å². The second-order valence-corrected chi connectivity index (χ2v) is 5.60. The van der Waals surface area contributed by atoms with Crippen LogP contribution in [0, 0.1) is 12.7 Å². The van der Waals surface area contributed by atoms with E-state index in [0.29, 0.717) is 19.6 Å². The molecule has 1 N–H and O–H groups in total. The van der Waals surface area contributed by atoms with E-state index < -0.39 is 5.82 Å². The Morgan fingerprint density at radius 2 is 2.27 bits per heavy atom. The summed E-state index contributed by atoms with van der Waals surface area (Å²) in [5, 5.41) is 3.27. The van der Waals surface area contributed by atoms with Gasteiger partial charge in [0.2, 0.25) is 0 Å². The number of halogens is 1. The number of carbonyl (C=O) groups excluding carboxylic acids is 1. The van der Waals surface area contributed by atoms with Crippen molar-refractivity contribution in [2.24, 2.45) is 7.05 Å². The van der Waals surface area contributed by atoms with Crippen LogP contribution in [0.15, 0.2) is 30.6 Å². The largest absolute Gasteiger partial charge is 0.336 e. The summed E-state index contributed by atoms with van der Waals surface area (Å²) in [7, 11) is 1.90. The Morgan fingerprint density at radius 3 is 3.00 bits per heavy atom. The van der Waals surface area contributed by atoms with Crippen LogP contribution in [0.3, 0.4) is 0 Å². The lowest BCUT2D eigenvalue weighted by atomic mass is 10.1. The van der Waals surface area contributed by atoms with Crippen molar-refractivity contribution >= 4 is 5.91 Å². The molecule has 116 valence electrons. The maximum Gasteiger partial charge on any atom is 0.257 e. The molecule has 1 fully saturated rings. The van der Waals surface area contributed by atoms with E-state index in [1.807, 2.05) is 24.7 Å². The average Bonchev–Trinajstić information content (AvgIpc) is 2.95.